The summed E-state index contributed by atoms with van der Waals surface area (Å²) in [5.74, 6) is -0.379. The molecule has 1 heterocycles. The lowest BCUT2D eigenvalue weighted by Crippen LogP contribution is -2.73. The second-order valence-corrected chi connectivity index (χ2v) is 7.44. The van der Waals surface area contributed by atoms with Gasteiger partial charge in [-0.1, -0.05) is 64.6 Å². The van der Waals surface area contributed by atoms with Crippen molar-refractivity contribution < 1.29 is 4.79 Å². The van der Waals surface area contributed by atoms with Crippen LogP contribution in [0.3, 0.4) is 0 Å². The SMILES string of the molecule is CN1C(=O)c2ccccc2C2C1C(Cl)(Cl)C2(Cl)Cl. The number of hydrogen-bond donors (Lipinski definition) is 0. The van der Waals surface area contributed by atoms with Crippen LogP contribution in [0.1, 0.15) is 21.8 Å². The molecule has 1 aromatic rings. The number of likely N-dealkylation sites (N-methyl/N-ethyl adjacent to an activating group) is 1. The van der Waals surface area contributed by atoms with E-state index in [1.165, 1.54) is 4.90 Å². The second kappa shape index (κ2) is 3.69. The normalized spacial score (nSPS) is 31.4. The predicted molar refractivity (Wildman–Crippen MR) is 73.9 cm³/mol. The molecule has 2 nitrogen and oxygen atoms in total. The van der Waals surface area contributed by atoms with Gasteiger partial charge in [0.2, 0.25) is 0 Å². The fraction of sp³-hybridized carbons (Fsp3) is 0.417. The van der Waals surface area contributed by atoms with Gasteiger partial charge in [0, 0.05) is 18.5 Å². The minimum absolute atomic E-state index is 0.110. The van der Waals surface area contributed by atoms with E-state index in [4.69, 9.17) is 46.4 Å². The Bertz CT molecular complexity index is 543. The average molecular weight is 325 g/mol. The van der Waals surface area contributed by atoms with Gasteiger partial charge in [-0.25, -0.2) is 0 Å². The number of fused-ring (bicyclic) bond motifs is 3. The van der Waals surface area contributed by atoms with Crippen LogP contribution < -0.4 is 0 Å². The van der Waals surface area contributed by atoms with E-state index in [-0.39, 0.29) is 11.8 Å². The van der Waals surface area contributed by atoms with Crippen LogP contribution in [0.5, 0.6) is 0 Å². The van der Waals surface area contributed by atoms with Crippen LogP contribution in [0, 0.1) is 0 Å². The van der Waals surface area contributed by atoms with Gasteiger partial charge in [-0.3, -0.25) is 4.79 Å². The van der Waals surface area contributed by atoms with Gasteiger partial charge in [0.15, 0.2) is 8.67 Å². The number of benzene rings is 1. The van der Waals surface area contributed by atoms with E-state index in [9.17, 15) is 4.79 Å². The molecule has 1 saturated carbocycles. The highest BCUT2D eigenvalue weighted by atomic mass is 35.5. The highest BCUT2D eigenvalue weighted by molar-refractivity contribution is 6.65. The van der Waals surface area contributed by atoms with Gasteiger partial charge in [-0.05, 0) is 11.6 Å². The van der Waals surface area contributed by atoms with Crippen molar-refractivity contribution in [3.05, 3.63) is 35.4 Å². The van der Waals surface area contributed by atoms with Gasteiger partial charge in [0.25, 0.3) is 5.91 Å². The van der Waals surface area contributed by atoms with Gasteiger partial charge in [0.1, 0.15) is 0 Å². The maximum atomic E-state index is 12.2. The highest BCUT2D eigenvalue weighted by Crippen LogP contribution is 2.68. The monoisotopic (exact) mass is 323 g/mol. The summed E-state index contributed by atoms with van der Waals surface area (Å²) < 4.78 is -2.66. The average Bonchev–Trinajstić information content (AvgIpc) is 2.32. The highest BCUT2D eigenvalue weighted by Gasteiger charge is 2.74. The molecule has 1 fully saturated rings. The molecule has 1 aliphatic carbocycles. The summed E-state index contributed by atoms with van der Waals surface area (Å²) in [4.78, 5) is 13.8. The largest absolute Gasteiger partial charge is 0.335 e. The summed E-state index contributed by atoms with van der Waals surface area (Å²) in [7, 11) is 1.67. The van der Waals surface area contributed by atoms with Crippen LogP contribution in [-0.2, 0) is 0 Å². The summed E-state index contributed by atoms with van der Waals surface area (Å²) in [5.41, 5.74) is 1.42. The van der Waals surface area contributed by atoms with Crippen LogP contribution in [0.2, 0.25) is 0 Å². The molecule has 0 spiro atoms. The van der Waals surface area contributed by atoms with Gasteiger partial charge in [0.05, 0.1) is 6.04 Å². The van der Waals surface area contributed by atoms with E-state index < -0.39 is 14.7 Å². The maximum Gasteiger partial charge on any atom is 0.254 e. The first-order chi connectivity index (χ1) is 8.30. The van der Waals surface area contributed by atoms with E-state index in [0.717, 1.165) is 5.56 Å². The topological polar surface area (TPSA) is 20.3 Å². The fourth-order valence-corrected chi connectivity index (χ4v) is 4.30. The van der Waals surface area contributed by atoms with Crippen molar-refractivity contribution in [2.24, 2.45) is 0 Å². The smallest absolute Gasteiger partial charge is 0.254 e. The molecule has 0 saturated heterocycles. The third kappa shape index (κ3) is 1.30. The summed E-state index contributed by atoms with van der Waals surface area (Å²) >= 11 is 25.0. The Hall–Kier alpha value is -0.150. The third-order valence-electron chi connectivity index (χ3n) is 3.79. The predicted octanol–water partition coefficient (Wildman–Crippen LogP) is 3.59. The molecule has 6 heteroatoms. The van der Waals surface area contributed by atoms with Crippen molar-refractivity contribution >= 4 is 52.3 Å². The molecule has 1 amide bonds. The van der Waals surface area contributed by atoms with E-state index in [2.05, 4.69) is 0 Å². The van der Waals surface area contributed by atoms with Gasteiger partial charge < -0.3 is 4.90 Å². The van der Waals surface area contributed by atoms with E-state index in [1.807, 2.05) is 18.2 Å². The Morgan fingerprint density at radius 2 is 1.72 bits per heavy atom. The van der Waals surface area contributed by atoms with Gasteiger partial charge in [-0.15, -0.1) is 0 Å². The zero-order valence-electron chi connectivity index (χ0n) is 9.33. The molecule has 2 aliphatic rings. The number of rotatable bonds is 0. The molecule has 1 aromatic carbocycles. The zero-order valence-corrected chi connectivity index (χ0v) is 12.4. The summed E-state index contributed by atoms with van der Waals surface area (Å²) in [5, 5.41) is 0. The number of carbonyl (C=O) groups is 1. The molecule has 18 heavy (non-hydrogen) atoms. The molecule has 1 aliphatic heterocycles. The number of nitrogens with zero attached hydrogens (tertiary/aromatic N) is 1. The molecule has 96 valence electrons. The lowest BCUT2D eigenvalue weighted by atomic mass is 9.68. The fourth-order valence-electron chi connectivity index (χ4n) is 2.83. The Balaban J connectivity index is 2.21. The van der Waals surface area contributed by atoms with Crippen LogP contribution >= 0.6 is 46.4 Å². The first kappa shape index (κ1) is 12.9. The van der Waals surface area contributed by atoms with E-state index in [1.54, 1.807) is 13.1 Å². The van der Waals surface area contributed by atoms with E-state index >= 15 is 0 Å². The molecule has 0 aromatic heterocycles. The molecular formula is C12H9Cl4NO. The molecule has 2 atom stereocenters. The minimum atomic E-state index is -1.36. The molecular weight excluding hydrogens is 316 g/mol. The molecule has 0 bridgehead atoms. The van der Waals surface area contributed by atoms with Gasteiger partial charge >= 0.3 is 0 Å². The number of alkyl halides is 4. The lowest BCUT2D eigenvalue weighted by Gasteiger charge is -2.61. The van der Waals surface area contributed by atoms with Crippen molar-refractivity contribution in [1.29, 1.82) is 0 Å². The molecule has 3 rings (SSSR count). The number of amides is 1. The molecule has 0 radical (unpaired) electrons. The summed E-state index contributed by atoms with van der Waals surface area (Å²) in [6.07, 6.45) is 0. The quantitative estimate of drug-likeness (QED) is 0.668. The Labute approximate surface area is 125 Å². The summed E-state index contributed by atoms with van der Waals surface area (Å²) in [6.45, 7) is 0. The Morgan fingerprint density at radius 1 is 1.11 bits per heavy atom. The first-order valence-electron chi connectivity index (χ1n) is 5.42. The molecule has 2 unspecified atom stereocenters. The number of hydrogen-bond acceptors (Lipinski definition) is 1. The Morgan fingerprint density at radius 3 is 2.39 bits per heavy atom. The van der Waals surface area contributed by atoms with Crippen LogP contribution in [0.15, 0.2) is 24.3 Å². The van der Waals surface area contributed by atoms with Gasteiger partial charge in [-0.2, -0.15) is 0 Å². The van der Waals surface area contributed by atoms with Crippen LogP contribution in [0.25, 0.3) is 0 Å². The third-order valence-corrected chi connectivity index (χ3v) is 6.28. The number of carbonyl (C=O) groups excluding carboxylic acids is 1. The van der Waals surface area contributed by atoms with E-state index in [0.29, 0.717) is 5.56 Å². The molecule has 0 N–H and O–H groups in total. The first-order valence-corrected chi connectivity index (χ1v) is 6.93. The van der Waals surface area contributed by atoms with Crippen molar-refractivity contribution in [3.63, 3.8) is 0 Å². The van der Waals surface area contributed by atoms with Crippen molar-refractivity contribution in [2.75, 3.05) is 7.05 Å². The van der Waals surface area contributed by atoms with Crippen LogP contribution in [0.4, 0.5) is 0 Å². The van der Waals surface area contributed by atoms with Crippen molar-refractivity contribution in [1.82, 2.24) is 4.90 Å². The summed E-state index contributed by atoms with van der Waals surface area (Å²) in [6, 6.07) is 6.86. The maximum absolute atomic E-state index is 12.2. The van der Waals surface area contributed by atoms with Crippen molar-refractivity contribution in [3.8, 4) is 0 Å². The number of halogens is 4. The van der Waals surface area contributed by atoms with Crippen molar-refractivity contribution in [2.45, 2.75) is 20.6 Å². The van der Waals surface area contributed by atoms with Crippen LogP contribution in [-0.4, -0.2) is 32.6 Å². The Kier molecular flexibility index (Phi) is 2.64. The zero-order chi connectivity index (χ0) is 13.3. The second-order valence-electron chi connectivity index (χ2n) is 4.67. The lowest BCUT2D eigenvalue weighted by molar-refractivity contribution is 0.0490. The standard InChI is InChI=1S/C12H9Cl4NO/c1-17-9-8(11(13,14)12(9,15)16)6-4-2-3-5-7(6)10(17)18/h2-5,8-9H,1H3. The minimum Gasteiger partial charge on any atom is -0.335 e.